The van der Waals surface area contributed by atoms with Crippen molar-refractivity contribution < 1.29 is 19.1 Å². The molecule has 0 saturated heterocycles. The van der Waals surface area contributed by atoms with Crippen molar-refractivity contribution in [3.63, 3.8) is 0 Å². The quantitative estimate of drug-likeness (QED) is 0.518. The van der Waals surface area contributed by atoms with E-state index in [1.54, 1.807) is 24.3 Å². The molecule has 0 radical (unpaired) electrons. The fraction of sp³-hybridized carbons (Fsp3) is 0.133. The Morgan fingerprint density at radius 2 is 2.05 bits per heavy atom. The van der Waals surface area contributed by atoms with Crippen LogP contribution in [0, 0.1) is 5.82 Å². The SMILES string of the molecule is COc1cc(/C=N\O)ccc1OCc1ccc(F)cc1Cl. The zero-order valence-corrected chi connectivity index (χ0v) is 12.0. The molecule has 0 aliphatic carbocycles. The first-order valence-corrected chi connectivity index (χ1v) is 6.44. The summed E-state index contributed by atoms with van der Waals surface area (Å²) in [6.07, 6.45) is 1.28. The maximum atomic E-state index is 13.0. The van der Waals surface area contributed by atoms with Gasteiger partial charge in [0.1, 0.15) is 12.4 Å². The van der Waals surface area contributed by atoms with Crippen molar-refractivity contribution >= 4 is 17.8 Å². The molecular formula is C15H13ClFNO3. The summed E-state index contributed by atoms with van der Waals surface area (Å²) in [5, 5.41) is 11.8. The first-order valence-electron chi connectivity index (χ1n) is 6.06. The van der Waals surface area contributed by atoms with Gasteiger partial charge in [0.15, 0.2) is 11.5 Å². The summed E-state index contributed by atoms with van der Waals surface area (Å²) in [4.78, 5) is 0. The van der Waals surface area contributed by atoms with E-state index >= 15 is 0 Å². The average Bonchev–Trinajstić information content (AvgIpc) is 2.47. The Morgan fingerprint density at radius 1 is 1.24 bits per heavy atom. The summed E-state index contributed by atoms with van der Waals surface area (Å²) >= 11 is 5.94. The molecule has 0 spiro atoms. The maximum Gasteiger partial charge on any atom is 0.161 e. The number of ether oxygens (including phenoxy) is 2. The van der Waals surface area contributed by atoms with Crippen molar-refractivity contribution in [2.45, 2.75) is 6.61 Å². The monoisotopic (exact) mass is 309 g/mol. The van der Waals surface area contributed by atoms with E-state index in [0.29, 0.717) is 27.6 Å². The Morgan fingerprint density at radius 3 is 2.71 bits per heavy atom. The van der Waals surface area contributed by atoms with E-state index in [1.807, 2.05) is 0 Å². The third-order valence-corrected chi connectivity index (χ3v) is 3.14. The Hall–Kier alpha value is -2.27. The third-order valence-electron chi connectivity index (χ3n) is 2.79. The number of hydrogen-bond donors (Lipinski definition) is 1. The van der Waals surface area contributed by atoms with Crippen LogP contribution in [0.2, 0.25) is 5.02 Å². The molecule has 0 aliphatic rings. The van der Waals surface area contributed by atoms with Gasteiger partial charge in [-0.25, -0.2) is 4.39 Å². The van der Waals surface area contributed by atoms with Crippen LogP contribution < -0.4 is 9.47 Å². The molecule has 4 nitrogen and oxygen atoms in total. The van der Waals surface area contributed by atoms with Crippen LogP contribution >= 0.6 is 11.6 Å². The minimum atomic E-state index is -0.394. The third kappa shape index (κ3) is 3.86. The molecule has 2 rings (SSSR count). The van der Waals surface area contributed by atoms with Gasteiger partial charge in [0.05, 0.1) is 18.3 Å². The number of nitrogens with zero attached hydrogens (tertiary/aromatic N) is 1. The standard InChI is InChI=1S/C15H13ClFNO3/c1-20-15-6-10(8-18-19)2-5-14(15)21-9-11-3-4-12(17)7-13(11)16/h2-8,19H,9H2,1H3/b18-8-. The van der Waals surface area contributed by atoms with Crippen molar-refractivity contribution in [1.29, 1.82) is 0 Å². The van der Waals surface area contributed by atoms with Crippen molar-refractivity contribution in [2.24, 2.45) is 5.16 Å². The molecule has 0 atom stereocenters. The van der Waals surface area contributed by atoms with Gasteiger partial charge in [-0.15, -0.1) is 0 Å². The van der Waals surface area contributed by atoms with E-state index in [-0.39, 0.29) is 6.61 Å². The molecule has 0 saturated carbocycles. The molecule has 1 N–H and O–H groups in total. The lowest BCUT2D eigenvalue weighted by atomic mass is 10.2. The lowest BCUT2D eigenvalue weighted by molar-refractivity contribution is 0.284. The van der Waals surface area contributed by atoms with Gasteiger partial charge in [-0.05, 0) is 30.3 Å². The highest BCUT2D eigenvalue weighted by Gasteiger charge is 2.08. The largest absolute Gasteiger partial charge is 0.493 e. The fourth-order valence-electron chi connectivity index (χ4n) is 1.74. The van der Waals surface area contributed by atoms with Crippen molar-refractivity contribution in [1.82, 2.24) is 0 Å². The molecule has 0 fully saturated rings. The van der Waals surface area contributed by atoms with Gasteiger partial charge < -0.3 is 14.7 Å². The summed E-state index contributed by atoms with van der Waals surface area (Å²) in [6, 6.07) is 9.19. The van der Waals surface area contributed by atoms with E-state index in [1.165, 1.54) is 25.5 Å². The van der Waals surface area contributed by atoms with Gasteiger partial charge >= 0.3 is 0 Å². The number of methoxy groups -OCH3 is 1. The summed E-state index contributed by atoms with van der Waals surface area (Å²) in [6.45, 7) is 0.183. The van der Waals surface area contributed by atoms with Crippen LogP contribution in [0.15, 0.2) is 41.6 Å². The van der Waals surface area contributed by atoms with Crippen LogP contribution in [0.4, 0.5) is 4.39 Å². The normalized spacial score (nSPS) is 10.8. The molecule has 0 unspecified atom stereocenters. The molecule has 0 aromatic heterocycles. The summed E-state index contributed by atoms with van der Waals surface area (Å²) in [5.74, 6) is 0.604. The molecule has 6 heteroatoms. The summed E-state index contributed by atoms with van der Waals surface area (Å²) in [5.41, 5.74) is 1.34. The number of rotatable bonds is 5. The van der Waals surface area contributed by atoms with E-state index in [0.717, 1.165) is 0 Å². The number of benzene rings is 2. The zero-order valence-electron chi connectivity index (χ0n) is 11.2. The smallest absolute Gasteiger partial charge is 0.161 e. The minimum Gasteiger partial charge on any atom is -0.493 e. The van der Waals surface area contributed by atoms with Crippen molar-refractivity contribution in [3.8, 4) is 11.5 Å². The Balaban J connectivity index is 2.15. The molecule has 2 aromatic rings. The second-order valence-corrected chi connectivity index (χ2v) is 4.59. The Labute approximate surface area is 126 Å². The first kappa shape index (κ1) is 15.1. The number of oxime groups is 1. The summed E-state index contributed by atoms with van der Waals surface area (Å²) in [7, 11) is 1.51. The van der Waals surface area contributed by atoms with Gasteiger partial charge in [0, 0.05) is 11.1 Å². The van der Waals surface area contributed by atoms with Crippen LogP contribution in [0.3, 0.4) is 0 Å². The number of hydrogen-bond acceptors (Lipinski definition) is 4. The van der Waals surface area contributed by atoms with Gasteiger partial charge in [-0.2, -0.15) is 0 Å². The van der Waals surface area contributed by atoms with Crippen molar-refractivity contribution in [2.75, 3.05) is 7.11 Å². The Bertz CT molecular complexity index is 661. The van der Waals surface area contributed by atoms with Gasteiger partial charge in [-0.1, -0.05) is 22.8 Å². The molecule has 0 amide bonds. The van der Waals surface area contributed by atoms with E-state index in [2.05, 4.69) is 5.16 Å². The molecule has 110 valence electrons. The highest BCUT2D eigenvalue weighted by atomic mass is 35.5. The molecule has 2 aromatic carbocycles. The topological polar surface area (TPSA) is 51.0 Å². The van der Waals surface area contributed by atoms with Gasteiger partial charge in [0.2, 0.25) is 0 Å². The second-order valence-electron chi connectivity index (χ2n) is 4.18. The predicted molar refractivity (Wildman–Crippen MR) is 78.1 cm³/mol. The lowest BCUT2D eigenvalue weighted by Gasteiger charge is -2.12. The van der Waals surface area contributed by atoms with E-state index < -0.39 is 5.82 Å². The molecule has 0 bridgehead atoms. The van der Waals surface area contributed by atoms with Crippen LogP contribution in [-0.4, -0.2) is 18.5 Å². The Kier molecular flexibility index (Phi) is 5.00. The zero-order chi connectivity index (χ0) is 15.2. The van der Waals surface area contributed by atoms with Crippen molar-refractivity contribution in [3.05, 3.63) is 58.4 Å². The first-order chi connectivity index (χ1) is 10.1. The maximum absolute atomic E-state index is 13.0. The minimum absolute atomic E-state index is 0.183. The highest BCUT2D eigenvalue weighted by Crippen LogP contribution is 2.29. The molecular weight excluding hydrogens is 297 g/mol. The fourth-order valence-corrected chi connectivity index (χ4v) is 1.97. The average molecular weight is 310 g/mol. The van der Waals surface area contributed by atoms with Crippen LogP contribution in [0.5, 0.6) is 11.5 Å². The highest BCUT2D eigenvalue weighted by molar-refractivity contribution is 6.31. The molecule has 0 heterocycles. The second kappa shape index (κ2) is 6.95. The van der Waals surface area contributed by atoms with Gasteiger partial charge in [0.25, 0.3) is 0 Å². The molecule has 21 heavy (non-hydrogen) atoms. The van der Waals surface area contributed by atoms with Gasteiger partial charge in [-0.3, -0.25) is 0 Å². The van der Waals surface area contributed by atoms with Crippen LogP contribution in [-0.2, 0) is 6.61 Å². The number of halogens is 2. The summed E-state index contributed by atoms with van der Waals surface area (Å²) < 4.78 is 23.8. The van der Waals surface area contributed by atoms with Crippen LogP contribution in [0.1, 0.15) is 11.1 Å². The predicted octanol–water partition coefficient (Wildman–Crippen LogP) is 3.87. The van der Waals surface area contributed by atoms with E-state index in [4.69, 9.17) is 26.3 Å². The lowest BCUT2D eigenvalue weighted by Crippen LogP contribution is -1.99. The van der Waals surface area contributed by atoms with E-state index in [9.17, 15) is 4.39 Å². The van der Waals surface area contributed by atoms with Crippen LogP contribution in [0.25, 0.3) is 0 Å². The molecule has 0 aliphatic heterocycles.